The van der Waals surface area contributed by atoms with Crippen molar-refractivity contribution in [2.24, 2.45) is 0 Å². The van der Waals surface area contributed by atoms with E-state index in [0.29, 0.717) is 16.5 Å². The Morgan fingerprint density at radius 2 is 1.44 bits per heavy atom. The van der Waals surface area contributed by atoms with E-state index in [9.17, 15) is 8.42 Å². The molecule has 0 amide bonds. The molecular formula is C18H21Cl2NO5S. The third-order valence-corrected chi connectivity index (χ3v) is 6.62. The summed E-state index contributed by atoms with van der Waals surface area (Å²) in [5.74, 6) is 0.627. The lowest BCUT2D eigenvalue weighted by molar-refractivity contribution is 0.359. The van der Waals surface area contributed by atoms with Gasteiger partial charge in [-0.05, 0) is 32.0 Å². The zero-order chi connectivity index (χ0) is 20.4. The molecule has 0 saturated carbocycles. The van der Waals surface area contributed by atoms with Crippen LogP contribution in [0.25, 0.3) is 0 Å². The van der Waals surface area contributed by atoms with Crippen LogP contribution in [0.15, 0.2) is 35.2 Å². The molecule has 0 aliphatic carbocycles. The molecule has 2 aromatic rings. The van der Waals surface area contributed by atoms with E-state index in [1.54, 1.807) is 26.0 Å². The van der Waals surface area contributed by atoms with Crippen molar-refractivity contribution >= 4 is 38.9 Å². The van der Waals surface area contributed by atoms with Gasteiger partial charge < -0.3 is 14.2 Å². The van der Waals surface area contributed by atoms with E-state index >= 15 is 0 Å². The third kappa shape index (κ3) is 4.20. The summed E-state index contributed by atoms with van der Waals surface area (Å²) < 4.78 is 44.2. The van der Waals surface area contributed by atoms with Crippen molar-refractivity contribution in [2.75, 3.05) is 25.6 Å². The molecule has 2 rings (SSSR count). The smallest absolute Gasteiger partial charge is 0.271 e. The van der Waals surface area contributed by atoms with E-state index in [2.05, 4.69) is 0 Å². The first-order valence-corrected chi connectivity index (χ1v) is 10.2. The maximum absolute atomic E-state index is 13.6. The number of halogens is 2. The van der Waals surface area contributed by atoms with Gasteiger partial charge in [0.05, 0.1) is 37.1 Å². The molecule has 148 valence electrons. The average molecular weight is 434 g/mol. The number of rotatable bonds is 7. The molecule has 9 heteroatoms. The van der Waals surface area contributed by atoms with Crippen molar-refractivity contribution in [3.63, 3.8) is 0 Å². The van der Waals surface area contributed by atoms with Gasteiger partial charge in [0.15, 0.2) is 4.90 Å². The van der Waals surface area contributed by atoms with Gasteiger partial charge in [0.25, 0.3) is 10.0 Å². The van der Waals surface area contributed by atoms with Gasteiger partial charge in [0.2, 0.25) is 0 Å². The van der Waals surface area contributed by atoms with Crippen LogP contribution in [-0.4, -0.2) is 35.8 Å². The molecule has 0 aliphatic rings. The lowest BCUT2D eigenvalue weighted by Crippen LogP contribution is -2.37. The van der Waals surface area contributed by atoms with Crippen LogP contribution in [0.3, 0.4) is 0 Å². The van der Waals surface area contributed by atoms with E-state index < -0.39 is 16.1 Å². The largest absolute Gasteiger partial charge is 0.496 e. The zero-order valence-corrected chi connectivity index (χ0v) is 17.9. The number of sulfonamides is 1. The molecule has 0 fully saturated rings. The quantitative estimate of drug-likeness (QED) is 0.636. The fraction of sp³-hybridized carbons (Fsp3) is 0.333. The van der Waals surface area contributed by atoms with Crippen LogP contribution < -0.4 is 18.5 Å². The molecule has 6 nitrogen and oxygen atoms in total. The molecular weight excluding hydrogens is 413 g/mol. The van der Waals surface area contributed by atoms with Gasteiger partial charge in [-0.1, -0.05) is 23.2 Å². The standard InChI is InChI=1S/C18H21Cl2NO5S/c1-11(2)21(12-6-7-14(19)15(20)8-12)27(22,23)18-16(25-4)9-13(24-3)10-17(18)26-5/h6-11H,1-5H3. The van der Waals surface area contributed by atoms with Crippen LogP contribution in [0.1, 0.15) is 13.8 Å². The molecule has 2 aromatic carbocycles. The van der Waals surface area contributed by atoms with Gasteiger partial charge in [0.1, 0.15) is 17.2 Å². The predicted molar refractivity (Wildman–Crippen MR) is 107 cm³/mol. The summed E-state index contributed by atoms with van der Waals surface area (Å²) in [6, 6.07) is 7.21. The first kappa shape index (κ1) is 21.5. The van der Waals surface area contributed by atoms with Crippen molar-refractivity contribution in [1.29, 1.82) is 0 Å². The minimum Gasteiger partial charge on any atom is -0.496 e. The Morgan fingerprint density at radius 1 is 0.889 bits per heavy atom. The molecule has 0 N–H and O–H groups in total. The Kier molecular flexibility index (Phi) is 6.72. The summed E-state index contributed by atoms with van der Waals surface area (Å²) in [5.41, 5.74) is 0.374. The van der Waals surface area contributed by atoms with Gasteiger partial charge >= 0.3 is 0 Å². The highest BCUT2D eigenvalue weighted by Gasteiger charge is 2.34. The number of hydrogen-bond acceptors (Lipinski definition) is 5. The second kappa shape index (κ2) is 8.46. The molecule has 0 aliphatic heterocycles. The van der Waals surface area contributed by atoms with E-state index in [4.69, 9.17) is 37.4 Å². The molecule has 0 heterocycles. The Morgan fingerprint density at radius 3 is 1.85 bits per heavy atom. The molecule has 0 atom stereocenters. The lowest BCUT2D eigenvalue weighted by atomic mass is 10.3. The van der Waals surface area contributed by atoms with Gasteiger partial charge in [-0.2, -0.15) is 0 Å². The first-order chi connectivity index (χ1) is 12.7. The van der Waals surface area contributed by atoms with E-state index in [1.807, 2.05) is 0 Å². The summed E-state index contributed by atoms with van der Waals surface area (Å²) in [6.07, 6.45) is 0. The third-order valence-electron chi connectivity index (χ3n) is 3.81. The molecule has 0 aromatic heterocycles. The number of hydrogen-bond donors (Lipinski definition) is 0. The molecule has 0 spiro atoms. The highest BCUT2D eigenvalue weighted by molar-refractivity contribution is 7.93. The number of anilines is 1. The molecule has 27 heavy (non-hydrogen) atoms. The molecule has 0 radical (unpaired) electrons. The van der Waals surface area contributed by atoms with Gasteiger partial charge in [-0.25, -0.2) is 8.42 Å². The topological polar surface area (TPSA) is 65.1 Å². The highest BCUT2D eigenvalue weighted by atomic mass is 35.5. The number of methoxy groups -OCH3 is 3. The van der Waals surface area contributed by atoms with E-state index in [-0.39, 0.29) is 21.4 Å². The van der Waals surface area contributed by atoms with Gasteiger partial charge in [-0.3, -0.25) is 4.31 Å². The normalized spacial score (nSPS) is 11.4. The second-order valence-corrected chi connectivity index (χ2v) is 8.42. The number of ether oxygens (including phenoxy) is 3. The van der Waals surface area contributed by atoms with Crippen molar-refractivity contribution in [1.82, 2.24) is 0 Å². The van der Waals surface area contributed by atoms with Crippen LogP contribution in [0.2, 0.25) is 10.0 Å². The van der Waals surface area contributed by atoms with Crippen molar-refractivity contribution in [2.45, 2.75) is 24.8 Å². The maximum Gasteiger partial charge on any atom is 0.271 e. The zero-order valence-electron chi connectivity index (χ0n) is 15.6. The van der Waals surface area contributed by atoms with Crippen LogP contribution in [-0.2, 0) is 10.0 Å². The summed E-state index contributed by atoms with van der Waals surface area (Å²) in [7, 11) is 0.165. The Labute approximate surface area is 169 Å². The molecule has 0 unspecified atom stereocenters. The number of benzene rings is 2. The second-order valence-electron chi connectivity index (χ2n) is 5.85. The first-order valence-electron chi connectivity index (χ1n) is 7.96. The Hall–Kier alpha value is -1.83. The SMILES string of the molecule is COc1cc(OC)c(S(=O)(=O)N(c2ccc(Cl)c(Cl)c2)C(C)C)c(OC)c1. The fourth-order valence-electron chi connectivity index (χ4n) is 2.66. The molecule has 0 saturated heterocycles. The van der Waals surface area contributed by atoms with Crippen LogP contribution in [0.5, 0.6) is 17.2 Å². The average Bonchev–Trinajstić information content (AvgIpc) is 2.62. The Bertz CT molecular complexity index is 906. The highest BCUT2D eigenvalue weighted by Crippen LogP contribution is 2.41. The summed E-state index contributed by atoms with van der Waals surface area (Å²) in [5, 5.41) is 0.588. The van der Waals surface area contributed by atoms with Crippen LogP contribution in [0.4, 0.5) is 5.69 Å². The number of nitrogens with zero attached hydrogens (tertiary/aromatic N) is 1. The predicted octanol–water partition coefficient (Wildman–Crippen LogP) is 4.62. The van der Waals surface area contributed by atoms with Crippen LogP contribution >= 0.6 is 23.2 Å². The van der Waals surface area contributed by atoms with Crippen LogP contribution in [0, 0.1) is 0 Å². The fourth-order valence-corrected chi connectivity index (χ4v) is 4.89. The lowest BCUT2D eigenvalue weighted by Gasteiger charge is -2.30. The summed E-state index contributed by atoms with van der Waals surface area (Å²) in [4.78, 5) is -0.104. The van der Waals surface area contributed by atoms with E-state index in [0.717, 1.165) is 0 Å². The summed E-state index contributed by atoms with van der Waals surface area (Å²) >= 11 is 12.1. The summed E-state index contributed by atoms with van der Waals surface area (Å²) in [6.45, 7) is 3.51. The van der Waals surface area contributed by atoms with E-state index in [1.165, 1.54) is 43.8 Å². The Balaban J connectivity index is 2.75. The van der Waals surface area contributed by atoms with Crippen molar-refractivity contribution in [3.05, 3.63) is 40.4 Å². The minimum atomic E-state index is -4.07. The monoisotopic (exact) mass is 433 g/mol. The molecule has 0 bridgehead atoms. The van der Waals surface area contributed by atoms with Crippen molar-refractivity contribution in [3.8, 4) is 17.2 Å². The van der Waals surface area contributed by atoms with Gasteiger partial charge in [-0.15, -0.1) is 0 Å². The minimum absolute atomic E-state index is 0.104. The maximum atomic E-state index is 13.6. The van der Waals surface area contributed by atoms with Gasteiger partial charge in [0, 0.05) is 18.2 Å². The van der Waals surface area contributed by atoms with Crippen molar-refractivity contribution < 1.29 is 22.6 Å².